The molecule has 5 rings (SSSR count). The summed E-state index contributed by atoms with van der Waals surface area (Å²) in [4.78, 5) is 29.3. The third-order valence-corrected chi connectivity index (χ3v) is 6.31. The molecule has 0 spiro atoms. The highest BCUT2D eigenvalue weighted by atomic mass is 16.4. The summed E-state index contributed by atoms with van der Waals surface area (Å²) in [6.45, 7) is -0.199. The first-order chi connectivity index (χ1) is 15.4. The molecule has 0 aromatic heterocycles. The highest BCUT2D eigenvalue weighted by Gasteiger charge is 2.70. The fraction of sp³-hybridized carbons (Fsp3) is 0.200. The van der Waals surface area contributed by atoms with Crippen LogP contribution in [0.15, 0.2) is 84.9 Å². The topological polar surface area (TPSA) is 101 Å². The summed E-state index contributed by atoms with van der Waals surface area (Å²) < 4.78 is 0. The summed E-state index contributed by atoms with van der Waals surface area (Å²) in [6.07, 6.45) is -1.66. The molecular weight excluding hydrogens is 408 g/mol. The van der Waals surface area contributed by atoms with Gasteiger partial charge in [0.1, 0.15) is 12.6 Å². The first kappa shape index (κ1) is 20.4. The number of para-hydroxylation sites is 1. The molecule has 2 aliphatic heterocycles. The fourth-order valence-corrected chi connectivity index (χ4v) is 4.77. The van der Waals surface area contributed by atoms with E-state index in [9.17, 15) is 24.9 Å². The van der Waals surface area contributed by atoms with Crippen LogP contribution in [0.4, 0.5) is 5.69 Å². The van der Waals surface area contributed by atoms with Crippen molar-refractivity contribution in [1.82, 2.24) is 4.90 Å². The second kappa shape index (κ2) is 7.27. The molecule has 7 heteroatoms. The molecule has 0 bridgehead atoms. The number of nitrogens with zero attached hydrogens (tertiary/aromatic N) is 2. The number of hydrogen-bond donors (Lipinski definition) is 3. The maximum absolute atomic E-state index is 13.8. The van der Waals surface area contributed by atoms with Gasteiger partial charge in [0.2, 0.25) is 5.91 Å². The minimum absolute atomic E-state index is 0.0736. The Bertz CT molecular complexity index is 1190. The van der Waals surface area contributed by atoms with Crippen molar-refractivity contribution in [1.29, 1.82) is 0 Å². The molecule has 2 heterocycles. The van der Waals surface area contributed by atoms with Crippen LogP contribution in [-0.2, 0) is 21.7 Å². The van der Waals surface area contributed by atoms with Crippen LogP contribution in [0.25, 0.3) is 0 Å². The number of piperazine rings is 1. The Kier molecular flexibility index (Phi) is 4.63. The van der Waals surface area contributed by atoms with Crippen molar-refractivity contribution in [3.05, 3.63) is 102 Å². The Morgan fingerprint density at radius 1 is 0.844 bits per heavy atom. The quantitative estimate of drug-likeness (QED) is 0.587. The van der Waals surface area contributed by atoms with E-state index in [0.29, 0.717) is 0 Å². The average Bonchev–Trinajstić information content (AvgIpc) is 2.82. The van der Waals surface area contributed by atoms with Gasteiger partial charge in [0.25, 0.3) is 11.6 Å². The van der Waals surface area contributed by atoms with Crippen molar-refractivity contribution >= 4 is 17.5 Å². The van der Waals surface area contributed by atoms with Crippen LogP contribution in [0.5, 0.6) is 0 Å². The van der Waals surface area contributed by atoms with Crippen molar-refractivity contribution in [3.8, 4) is 0 Å². The zero-order valence-corrected chi connectivity index (χ0v) is 17.1. The first-order valence-corrected chi connectivity index (χ1v) is 10.3. The predicted octanol–water partition coefficient (Wildman–Crippen LogP) is 1.69. The van der Waals surface area contributed by atoms with E-state index in [1.54, 1.807) is 42.5 Å². The monoisotopic (exact) mass is 430 g/mol. The van der Waals surface area contributed by atoms with E-state index in [0.717, 1.165) is 10.5 Å². The van der Waals surface area contributed by atoms with E-state index >= 15 is 0 Å². The lowest BCUT2D eigenvalue weighted by Crippen LogP contribution is -2.79. The molecule has 32 heavy (non-hydrogen) atoms. The number of aliphatic hydroxyl groups is 3. The van der Waals surface area contributed by atoms with Gasteiger partial charge in [-0.2, -0.15) is 0 Å². The molecule has 0 radical (unpaired) electrons. The number of benzene rings is 3. The number of hydrogen-bond acceptors (Lipinski definition) is 5. The second-order valence-corrected chi connectivity index (χ2v) is 8.14. The first-order valence-electron chi connectivity index (χ1n) is 10.3. The fourth-order valence-electron chi connectivity index (χ4n) is 4.77. The molecule has 2 aliphatic rings. The number of fused-ring (bicyclic) bond motifs is 3. The maximum Gasteiger partial charge on any atom is 0.280 e. The van der Waals surface area contributed by atoms with Crippen molar-refractivity contribution < 1.29 is 24.9 Å². The van der Waals surface area contributed by atoms with Crippen molar-refractivity contribution in [2.24, 2.45) is 0 Å². The highest BCUT2D eigenvalue weighted by molar-refractivity contribution is 6.10. The molecule has 0 unspecified atom stereocenters. The van der Waals surface area contributed by atoms with Crippen LogP contribution in [0, 0.1) is 0 Å². The van der Waals surface area contributed by atoms with Crippen LogP contribution in [-0.4, -0.2) is 44.3 Å². The van der Waals surface area contributed by atoms with Crippen molar-refractivity contribution in [2.75, 3.05) is 11.4 Å². The smallest absolute Gasteiger partial charge is 0.280 e. The van der Waals surface area contributed by atoms with Gasteiger partial charge >= 0.3 is 0 Å². The Balaban J connectivity index is 1.71. The molecule has 3 aromatic carbocycles. The van der Waals surface area contributed by atoms with Crippen molar-refractivity contribution in [2.45, 2.75) is 24.0 Å². The van der Waals surface area contributed by atoms with Crippen LogP contribution < -0.4 is 4.90 Å². The Morgan fingerprint density at radius 2 is 1.44 bits per heavy atom. The summed E-state index contributed by atoms with van der Waals surface area (Å²) in [7, 11) is 0. The SMILES string of the molecule is O=C1CN(Cc2ccccc2)C(=O)[C@]2(O)N1c1ccccc1[C@H](O)[C@]2(O)c1ccccc1. The van der Waals surface area contributed by atoms with Gasteiger partial charge < -0.3 is 20.2 Å². The molecule has 2 amide bonds. The van der Waals surface area contributed by atoms with Gasteiger partial charge in [-0.05, 0) is 17.2 Å². The van der Waals surface area contributed by atoms with Crippen LogP contribution in [0.3, 0.4) is 0 Å². The minimum Gasteiger partial charge on any atom is -0.385 e. The summed E-state index contributed by atoms with van der Waals surface area (Å²) in [5, 5.41) is 35.2. The van der Waals surface area contributed by atoms with Gasteiger partial charge in [-0.3, -0.25) is 14.5 Å². The van der Waals surface area contributed by atoms with Crippen LogP contribution >= 0.6 is 0 Å². The van der Waals surface area contributed by atoms with Crippen LogP contribution in [0.1, 0.15) is 22.8 Å². The normalized spacial score (nSPS) is 27.2. The van der Waals surface area contributed by atoms with Gasteiger partial charge in [0, 0.05) is 12.1 Å². The summed E-state index contributed by atoms with van der Waals surface area (Å²) >= 11 is 0. The predicted molar refractivity (Wildman–Crippen MR) is 116 cm³/mol. The number of amides is 2. The molecule has 162 valence electrons. The Morgan fingerprint density at radius 3 is 2.12 bits per heavy atom. The number of carbonyl (C=O) groups excluding carboxylic acids is 2. The molecule has 3 N–H and O–H groups in total. The molecule has 0 aliphatic carbocycles. The minimum atomic E-state index is -2.74. The van der Waals surface area contributed by atoms with E-state index in [4.69, 9.17) is 0 Å². The van der Waals surface area contributed by atoms with Gasteiger partial charge in [0.15, 0.2) is 5.60 Å². The lowest BCUT2D eigenvalue weighted by Gasteiger charge is -2.57. The summed E-state index contributed by atoms with van der Waals surface area (Å²) in [5.74, 6) is -1.42. The summed E-state index contributed by atoms with van der Waals surface area (Å²) in [6, 6.07) is 23.5. The van der Waals surface area contributed by atoms with Gasteiger partial charge in [0.05, 0.1) is 5.69 Å². The molecule has 1 saturated heterocycles. The van der Waals surface area contributed by atoms with Crippen LogP contribution in [0.2, 0.25) is 0 Å². The van der Waals surface area contributed by atoms with E-state index in [-0.39, 0.29) is 29.9 Å². The van der Waals surface area contributed by atoms with E-state index in [1.807, 2.05) is 30.3 Å². The Labute approximate surface area is 184 Å². The van der Waals surface area contributed by atoms with E-state index in [2.05, 4.69) is 0 Å². The zero-order chi connectivity index (χ0) is 22.5. The maximum atomic E-state index is 13.8. The lowest BCUT2D eigenvalue weighted by atomic mass is 9.70. The number of aliphatic hydroxyl groups excluding tert-OH is 1. The van der Waals surface area contributed by atoms with Crippen molar-refractivity contribution in [3.63, 3.8) is 0 Å². The number of anilines is 1. The average molecular weight is 430 g/mol. The van der Waals surface area contributed by atoms with Gasteiger partial charge in [-0.25, -0.2) is 0 Å². The Hall–Kier alpha value is -3.52. The van der Waals surface area contributed by atoms with Gasteiger partial charge in [-0.15, -0.1) is 0 Å². The lowest BCUT2D eigenvalue weighted by molar-refractivity contribution is -0.229. The van der Waals surface area contributed by atoms with Gasteiger partial charge in [-0.1, -0.05) is 78.9 Å². The summed E-state index contributed by atoms with van der Waals surface area (Å²) in [5.41, 5.74) is -3.90. The number of carbonyl (C=O) groups is 2. The molecular formula is C25H22N2O5. The van der Waals surface area contributed by atoms with E-state index in [1.165, 1.54) is 17.0 Å². The molecule has 1 fully saturated rings. The molecule has 3 atom stereocenters. The zero-order valence-electron chi connectivity index (χ0n) is 17.1. The third kappa shape index (κ3) is 2.65. The highest BCUT2D eigenvalue weighted by Crippen LogP contribution is 2.54. The molecule has 3 aromatic rings. The third-order valence-electron chi connectivity index (χ3n) is 6.31. The number of rotatable bonds is 3. The molecule has 0 saturated carbocycles. The standard InChI is InChI=1S/C25H22N2O5/c28-21-16-26(15-17-9-3-1-4-10-17)23(30)25(32)24(31,18-11-5-2-6-12-18)22(29)19-13-7-8-14-20(19)27(21)25/h1-14,22,29,31-32H,15-16H2/t22-,24+,25+/m0/s1. The van der Waals surface area contributed by atoms with E-state index < -0.39 is 29.2 Å². The largest absolute Gasteiger partial charge is 0.385 e. The molecule has 7 nitrogen and oxygen atoms in total. The second-order valence-electron chi connectivity index (χ2n) is 8.14.